The second-order valence-corrected chi connectivity index (χ2v) is 4.14. The van der Waals surface area contributed by atoms with Crippen LogP contribution >= 0.6 is 0 Å². The van der Waals surface area contributed by atoms with E-state index in [1.807, 2.05) is 6.92 Å². The van der Waals surface area contributed by atoms with Crippen LogP contribution < -0.4 is 10.8 Å². The van der Waals surface area contributed by atoms with Gasteiger partial charge in [0.05, 0.1) is 5.97 Å². The number of carbonyl (C=O) groups is 2. The number of hydrogen-bond acceptors (Lipinski definition) is 4. The van der Waals surface area contributed by atoms with Gasteiger partial charge in [0.1, 0.15) is 0 Å². The summed E-state index contributed by atoms with van der Waals surface area (Å²) in [5, 5.41) is 18.6. The molecule has 100 valence electrons. The van der Waals surface area contributed by atoms with E-state index < -0.39 is 17.5 Å². The Morgan fingerprint density at radius 2 is 2.17 bits per heavy atom. The minimum Gasteiger partial charge on any atom is -0.545 e. The molecule has 0 aliphatic carbocycles. The first-order valence-corrected chi connectivity index (χ1v) is 5.51. The highest BCUT2D eigenvalue weighted by atomic mass is 16.4. The van der Waals surface area contributed by atoms with E-state index in [2.05, 4.69) is 10.7 Å². The maximum Gasteiger partial charge on any atom is 0.365 e. The van der Waals surface area contributed by atoms with Gasteiger partial charge in [-0.3, -0.25) is 4.98 Å². The van der Waals surface area contributed by atoms with Crippen LogP contribution in [-0.2, 0) is 4.79 Å². The summed E-state index contributed by atoms with van der Waals surface area (Å²) in [7, 11) is 0. The van der Waals surface area contributed by atoms with E-state index in [4.69, 9.17) is 5.11 Å². The molecule has 0 radical (unpaired) electrons. The summed E-state index contributed by atoms with van der Waals surface area (Å²) >= 11 is 0. The zero-order valence-electron chi connectivity index (χ0n) is 10.5. The van der Waals surface area contributed by atoms with Gasteiger partial charge in [-0.1, -0.05) is 13.0 Å². The molecule has 1 atom stereocenters. The maximum absolute atomic E-state index is 10.3. The standard InChI is InChI=1S/C6H5NO2.C6H13NO2/c8-6(9)5-2-1-3-7-4-5;1-3-4-6(2,7)5(8)9/h1-4H,(H,8,9);3-4,7H2,1-2H3,(H,8,9)/t;6-/m.0/s1. The van der Waals surface area contributed by atoms with Crippen molar-refractivity contribution in [2.24, 2.45) is 0 Å². The molecule has 4 N–H and O–H groups in total. The monoisotopic (exact) mass is 254 g/mol. The fourth-order valence-corrected chi connectivity index (χ4v) is 1.14. The van der Waals surface area contributed by atoms with Crippen molar-refractivity contribution < 1.29 is 25.5 Å². The Bertz CT molecular complexity index is 390. The minimum atomic E-state index is -1.19. The molecule has 0 bridgehead atoms. The quantitative estimate of drug-likeness (QED) is 0.737. The number of nitrogens with zero attached hydrogens (tertiary/aromatic N) is 1. The molecule has 1 heterocycles. The first-order chi connectivity index (χ1) is 8.31. The van der Waals surface area contributed by atoms with Crippen molar-refractivity contribution in [2.45, 2.75) is 32.2 Å². The van der Waals surface area contributed by atoms with E-state index >= 15 is 0 Å². The first-order valence-electron chi connectivity index (χ1n) is 5.51. The Balaban J connectivity index is 0.000000321. The molecular weight excluding hydrogens is 236 g/mol. The van der Waals surface area contributed by atoms with Gasteiger partial charge >= 0.3 is 5.97 Å². The van der Waals surface area contributed by atoms with Crippen molar-refractivity contribution in [3.05, 3.63) is 30.1 Å². The molecule has 1 rings (SSSR count). The van der Waals surface area contributed by atoms with Crippen molar-refractivity contribution in [2.75, 3.05) is 0 Å². The van der Waals surface area contributed by atoms with Crippen LogP contribution in [-0.4, -0.2) is 27.6 Å². The van der Waals surface area contributed by atoms with Gasteiger partial charge in [-0.25, -0.2) is 4.79 Å². The molecule has 0 unspecified atom stereocenters. The molecule has 6 nitrogen and oxygen atoms in total. The number of hydrogen-bond donors (Lipinski definition) is 2. The third kappa shape index (κ3) is 5.95. The molecule has 1 aromatic rings. The molecule has 0 aliphatic heterocycles. The highest BCUT2D eigenvalue weighted by molar-refractivity contribution is 5.85. The largest absolute Gasteiger partial charge is 0.545 e. The lowest BCUT2D eigenvalue weighted by Gasteiger charge is -2.12. The van der Waals surface area contributed by atoms with Gasteiger partial charge in [0.15, 0.2) is 5.54 Å². The minimum absolute atomic E-state index is 0.109. The zero-order valence-corrected chi connectivity index (χ0v) is 10.5. The van der Waals surface area contributed by atoms with Gasteiger partial charge < -0.3 is 20.7 Å². The van der Waals surface area contributed by atoms with E-state index in [1.165, 1.54) is 18.5 Å². The van der Waals surface area contributed by atoms with E-state index in [1.54, 1.807) is 13.0 Å². The lowest BCUT2D eigenvalue weighted by atomic mass is 9.98. The second kappa shape index (κ2) is 7.39. The summed E-state index contributed by atoms with van der Waals surface area (Å²) in [4.78, 5) is 24.0. The van der Waals surface area contributed by atoms with E-state index in [9.17, 15) is 14.7 Å². The van der Waals surface area contributed by atoms with Crippen LogP contribution in [0.5, 0.6) is 0 Å². The summed E-state index contributed by atoms with van der Waals surface area (Å²) in [6.07, 6.45) is 4.26. The number of quaternary nitrogens is 1. The van der Waals surface area contributed by atoms with Crippen molar-refractivity contribution in [3.63, 3.8) is 0 Å². The van der Waals surface area contributed by atoms with E-state index in [-0.39, 0.29) is 5.56 Å². The lowest BCUT2D eigenvalue weighted by Crippen LogP contribution is -2.74. The molecule has 0 spiro atoms. The van der Waals surface area contributed by atoms with Gasteiger partial charge in [0, 0.05) is 31.3 Å². The number of pyridine rings is 1. The maximum atomic E-state index is 10.3. The average molecular weight is 254 g/mol. The number of aliphatic carboxylic acids is 1. The number of aromatic nitrogens is 1. The lowest BCUT2D eigenvalue weighted by molar-refractivity contribution is -0.457. The van der Waals surface area contributed by atoms with E-state index in [0.717, 1.165) is 6.42 Å². The summed E-state index contributed by atoms with van der Waals surface area (Å²) in [6, 6.07) is 2.98. The van der Waals surface area contributed by atoms with Gasteiger partial charge in [0.2, 0.25) is 0 Å². The van der Waals surface area contributed by atoms with Crippen LogP contribution in [0.4, 0.5) is 0 Å². The average Bonchev–Trinajstić information content (AvgIpc) is 2.30. The van der Waals surface area contributed by atoms with Crippen LogP contribution in [0.3, 0.4) is 0 Å². The fourth-order valence-electron chi connectivity index (χ4n) is 1.14. The SMILES string of the molecule is CCC[C@](C)([NH3+])C(=O)O.O=C([O-])c1cccnc1. The number of carbonyl (C=O) groups excluding carboxylic acids is 1. The van der Waals surface area contributed by atoms with Crippen LogP contribution in [0.15, 0.2) is 24.5 Å². The molecule has 18 heavy (non-hydrogen) atoms. The third-order valence-corrected chi connectivity index (χ3v) is 2.22. The van der Waals surface area contributed by atoms with Crippen LogP contribution in [0.2, 0.25) is 0 Å². The van der Waals surface area contributed by atoms with Crippen LogP contribution in [0.1, 0.15) is 37.0 Å². The predicted octanol–water partition coefficient (Wildman–Crippen LogP) is -0.683. The number of aromatic carboxylic acids is 1. The first kappa shape index (κ1) is 16.1. The number of carboxylic acids is 2. The zero-order chi connectivity index (χ0) is 14.2. The highest BCUT2D eigenvalue weighted by Gasteiger charge is 2.30. The Morgan fingerprint density at radius 1 is 1.56 bits per heavy atom. The second-order valence-electron chi connectivity index (χ2n) is 4.14. The third-order valence-electron chi connectivity index (χ3n) is 2.22. The number of carboxylic acid groups (broad SMARTS) is 2. The Morgan fingerprint density at radius 3 is 2.39 bits per heavy atom. The van der Waals surface area contributed by atoms with Gasteiger partial charge in [0.25, 0.3) is 0 Å². The molecule has 0 fully saturated rings. The Kier molecular flexibility index (Phi) is 6.59. The fraction of sp³-hybridized carbons (Fsp3) is 0.417. The van der Waals surface area contributed by atoms with Gasteiger partial charge in [-0.2, -0.15) is 0 Å². The summed E-state index contributed by atoms with van der Waals surface area (Å²) < 4.78 is 0. The topological polar surface area (TPSA) is 118 Å². The van der Waals surface area contributed by atoms with Crippen molar-refractivity contribution in [3.8, 4) is 0 Å². The summed E-state index contributed by atoms with van der Waals surface area (Å²) in [5.74, 6) is -2.01. The van der Waals surface area contributed by atoms with Crippen molar-refractivity contribution in [1.82, 2.24) is 4.98 Å². The molecule has 0 saturated carbocycles. The normalized spacial score (nSPS) is 12.8. The smallest absolute Gasteiger partial charge is 0.365 e. The Hall–Kier alpha value is -1.95. The molecule has 0 amide bonds. The molecule has 6 heteroatoms. The van der Waals surface area contributed by atoms with Crippen molar-refractivity contribution in [1.29, 1.82) is 0 Å². The number of rotatable bonds is 4. The van der Waals surface area contributed by atoms with E-state index in [0.29, 0.717) is 6.42 Å². The Labute approximate surface area is 105 Å². The molecular formula is C12H18N2O4. The van der Waals surface area contributed by atoms with Crippen molar-refractivity contribution >= 4 is 11.9 Å². The highest BCUT2D eigenvalue weighted by Crippen LogP contribution is 2.04. The summed E-state index contributed by atoms with van der Waals surface area (Å²) in [6.45, 7) is 3.59. The van der Waals surface area contributed by atoms with Crippen LogP contribution in [0, 0.1) is 0 Å². The molecule has 0 aromatic carbocycles. The molecule has 0 saturated heterocycles. The van der Waals surface area contributed by atoms with Crippen LogP contribution in [0.25, 0.3) is 0 Å². The van der Waals surface area contributed by atoms with Gasteiger partial charge in [-0.05, 0) is 12.5 Å². The molecule has 0 aliphatic rings. The summed E-state index contributed by atoms with van der Waals surface area (Å²) in [5.41, 5.74) is 2.89. The molecule has 1 aromatic heterocycles. The van der Waals surface area contributed by atoms with Gasteiger partial charge in [-0.15, -0.1) is 0 Å². The predicted molar refractivity (Wildman–Crippen MR) is 62.4 cm³/mol.